The lowest BCUT2D eigenvalue weighted by Gasteiger charge is -2.37. The molecule has 2 heterocycles. The first-order valence-corrected chi connectivity index (χ1v) is 10.3. The van der Waals surface area contributed by atoms with Crippen molar-refractivity contribution in [3.05, 3.63) is 64.2 Å². The molecule has 5 unspecified atom stereocenters. The standard InChI is InChI=1S/C23H28FN5/c1-13-6-15(11-26-3)7-20(24)22(13)18-9-19-21(8-17(18)10-25)28-29-23(19)16-5-4-14(2)27-12-16/h4-7,12,17-19,21,23,26,28-29H,8-9,11H2,1-3H3. The Bertz CT molecular complexity index is 897. The molecule has 0 amide bonds. The van der Waals surface area contributed by atoms with E-state index < -0.39 is 0 Å². The molecular weight excluding hydrogens is 365 g/mol. The van der Waals surface area contributed by atoms with Gasteiger partial charge < -0.3 is 5.32 Å². The fraction of sp³-hybridized carbons (Fsp3) is 0.478. The molecule has 1 aromatic heterocycles. The number of benzene rings is 1. The summed E-state index contributed by atoms with van der Waals surface area (Å²) in [5, 5.41) is 12.9. The van der Waals surface area contributed by atoms with Crippen LogP contribution in [0.25, 0.3) is 0 Å². The number of hydrogen-bond acceptors (Lipinski definition) is 5. The zero-order valence-corrected chi connectivity index (χ0v) is 17.2. The van der Waals surface area contributed by atoms with Gasteiger partial charge in [-0.05, 0) is 74.0 Å². The molecule has 0 spiro atoms. The Kier molecular flexibility index (Phi) is 5.64. The van der Waals surface area contributed by atoms with Crippen LogP contribution < -0.4 is 16.2 Å². The molecule has 5 nitrogen and oxygen atoms in total. The summed E-state index contributed by atoms with van der Waals surface area (Å²) in [6, 6.07) is 10.6. The molecule has 1 saturated heterocycles. The minimum Gasteiger partial charge on any atom is -0.316 e. The smallest absolute Gasteiger partial charge is 0.127 e. The second-order valence-corrected chi connectivity index (χ2v) is 8.42. The molecule has 1 aliphatic carbocycles. The zero-order valence-electron chi connectivity index (χ0n) is 17.2. The summed E-state index contributed by atoms with van der Waals surface area (Å²) in [6.07, 6.45) is 3.40. The molecule has 29 heavy (non-hydrogen) atoms. The van der Waals surface area contributed by atoms with E-state index in [1.165, 1.54) is 0 Å². The summed E-state index contributed by atoms with van der Waals surface area (Å²) in [4.78, 5) is 4.44. The maximum absolute atomic E-state index is 15.2. The van der Waals surface area contributed by atoms with Crippen LogP contribution in [0, 0.1) is 42.8 Å². The van der Waals surface area contributed by atoms with Crippen LogP contribution in [-0.4, -0.2) is 18.1 Å². The van der Waals surface area contributed by atoms with Crippen LogP contribution in [0.1, 0.15) is 52.7 Å². The molecule has 0 radical (unpaired) electrons. The highest BCUT2D eigenvalue weighted by Gasteiger charge is 2.46. The Morgan fingerprint density at radius 1 is 1.24 bits per heavy atom. The van der Waals surface area contributed by atoms with Gasteiger partial charge in [0, 0.05) is 30.4 Å². The second kappa shape index (κ2) is 8.19. The minimum absolute atomic E-state index is 0.104. The molecule has 1 aliphatic heterocycles. The van der Waals surface area contributed by atoms with Crippen LogP contribution in [0.15, 0.2) is 30.5 Å². The largest absolute Gasteiger partial charge is 0.316 e. The first-order valence-electron chi connectivity index (χ1n) is 10.3. The summed E-state index contributed by atoms with van der Waals surface area (Å²) in [5.74, 6) is -0.215. The molecule has 2 fully saturated rings. The minimum atomic E-state index is -0.205. The van der Waals surface area contributed by atoms with E-state index in [1.807, 2.05) is 39.2 Å². The first kappa shape index (κ1) is 20.0. The van der Waals surface area contributed by atoms with Gasteiger partial charge in [-0.15, -0.1) is 0 Å². The van der Waals surface area contributed by atoms with Gasteiger partial charge in [0.2, 0.25) is 0 Å². The summed E-state index contributed by atoms with van der Waals surface area (Å²) < 4.78 is 15.2. The van der Waals surface area contributed by atoms with Gasteiger partial charge in [-0.3, -0.25) is 10.4 Å². The fourth-order valence-corrected chi connectivity index (χ4v) is 5.13. The van der Waals surface area contributed by atoms with Crippen LogP contribution >= 0.6 is 0 Å². The van der Waals surface area contributed by atoms with Crippen molar-refractivity contribution in [1.29, 1.82) is 5.26 Å². The molecule has 4 rings (SSSR count). The van der Waals surface area contributed by atoms with E-state index in [1.54, 1.807) is 6.07 Å². The zero-order chi connectivity index (χ0) is 20.5. The van der Waals surface area contributed by atoms with E-state index in [0.717, 1.165) is 28.8 Å². The van der Waals surface area contributed by atoms with Gasteiger partial charge in [-0.2, -0.15) is 5.26 Å². The van der Waals surface area contributed by atoms with E-state index in [2.05, 4.69) is 33.3 Å². The SMILES string of the molecule is CNCc1cc(C)c(C2CC3C(CC2C#N)NNC3c2ccc(C)nc2)c(F)c1. The number of pyridine rings is 1. The highest BCUT2D eigenvalue weighted by atomic mass is 19.1. The summed E-state index contributed by atoms with van der Waals surface area (Å²) in [6.45, 7) is 4.57. The number of nitriles is 1. The van der Waals surface area contributed by atoms with Crippen molar-refractivity contribution >= 4 is 0 Å². The van der Waals surface area contributed by atoms with Crippen molar-refractivity contribution < 1.29 is 4.39 Å². The molecule has 1 saturated carbocycles. The maximum atomic E-state index is 15.2. The predicted molar refractivity (Wildman–Crippen MR) is 110 cm³/mol. The van der Waals surface area contributed by atoms with Crippen molar-refractivity contribution in [2.24, 2.45) is 11.8 Å². The lowest BCUT2D eigenvalue weighted by Crippen LogP contribution is -2.39. The average Bonchev–Trinajstić information content (AvgIpc) is 3.10. The Morgan fingerprint density at radius 3 is 2.72 bits per heavy atom. The number of halogens is 1. The number of nitrogens with zero attached hydrogens (tertiary/aromatic N) is 2. The van der Waals surface area contributed by atoms with Gasteiger partial charge in [-0.25, -0.2) is 9.82 Å². The number of hydrazine groups is 1. The van der Waals surface area contributed by atoms with E-state index >= 15 is 4.39 Å². The number of aryl methyl sites for hydroxylation is 2. The van der Waals surface area contributed by atoms with Crippen molar-refractivity contribution in [1.82, 2.24) is 21.2 Å². The van der Waals surface area contributed by atoms with Gasteiger partial charge >= 0.3 is 0 Å². The molecular formula is C23H28FN5. The Hall–Kier alpha value is -2.33. The Labute approximate surface area is 171 Å². The molecule has 0 bridgehead atoms. The molecule has 2 aliphatic rings. The lowest BCUT2D eigenvalue weighted by atomic mass is 9.66. The normalized spacial score (nSPS) is 28.7. The Balaban J connectivity index is 1.66. The van der Waals surface area contributed by atoms with Gasteiger partial charge in [-0.1, -0.05) is 12.1 Å². The third kappa shape index (κ3) is 3.78. The van der Waals surface area contributed by atoms with E-state index in [9.17, 15) is 5.26 Å². The first-order chi connectivity index (χ1) is 14.0. The van der Waals surface area contributed by atoms with Crippen molar-refractivity contribution in [2.75, 3.05) is 7.05 Å². The highest BCUT2D eigenvalue weighted by Crippen LogP contribution is 2.48. The maximum Gasteiger partial charge on any atom is 0.127 e. The van der Waals surface area contributed by atoms with Crippen LogP contribution in [0.5, 0.6) is 0 Å². The van der Waals surface area contributed by atoms with Crippen molar-refractivity contribution in [3.8, 4) is 6.07 Å². The van der Waals surface area contributed by atoms with Crippen LogP contribution in [0.3, 0.4) is 0 Å². The van der Waals surface area contributed by atoms with Crippen LogP contribution in [0.2, 0.25) is 0 Å². The molecule has 1 aromatic carbocycles. The van der Waals surface area contributed by atoms with E-state index in [0.29, 0.717) is 18.5 Å². The van der Waals surface area contributed by atoms with Crippen molar-refractivity contribution in [3.63, 3.8) is 0 Å². The topological polar surface area (TPSA) is 72.8 Å². The third-order valence-corrected chi connectivity index (χ3v) is 6.50. The van der Waals surface area contributed by atoms with Gasteiger partial charge in [0.1, 0.15) is 5.82 Å². The molecule has 2 aromatic rings. The predicted octanol–water partition coefficient (Wildman–Crippen LogP) is 3.41. The monoisotopic (exact) mass is 393 g/mol. The number of aromatic nitrogens is 1. The van der Waals surface area contributed by atoms with E-state index in [4.69, 9.17) is 0 Å². The third-order valence-electron chi connectivity index (χ3n) is 6.50. The molecule has 6 heteroatoms. The number of nitrogens with one attached hydrogen (secondary N) is 3. The van der Waals surface area contributed by atoms with Gasteiger partial charge in [0.15, 0.2) is 0 Å². The number of fused-ring (bicyclic) bond motifs is 1. The molecule has 3 N–H and O–H groups in total. The van der Waals surface area contributed by atoms with Gasteiger partial charge in [0.25, 0.3) is 0 Å². The van der Waals surface area contributed by atoms with Gasteiger partial charge in [0.05, 0.1) is 18.0 Å². The lowest BCUT2D eigenvalue weighted by molar-refractivity contribution is 0.234. The second-order valence-electron chi connectivity index (χ2n) is 8.42. The highest BCUT2D eigenvalue weighted by molar-refractivity contribution is 5.37. The van der Waals surface area contributed by atoms with E-state index in [-0.39, 0.29) is 35.7 Å². The van der Waals surface area contributed by atoms with Crippen LogP contribution in [0.4, 0.5) is 4.39 Å². The summed E-state index contributed by atoms with van der Waals surface area (Å²) >= 11 is 0. The summed E-state index contributed by atoms with van der Waals surface area (Å²) in [5.41, 5.74) is 11.5. The average molecular weight is 394 g/mol. The van der Waals surface area contributed by atoms with Crippen molar-refractivity contribution in [2.45, 2.75) is 51.2 Å². The fourth-order valence-electron chi connectivity index (χ4n) is 5.13. The van der Waals surface area contributed by atoms with Crippen LogP contribution in [-0.2, 0) is 6.54 Å². The number of hydrogen-bond donors (Lipinski definition) is 3. The molecule has 5 atom stereocenters. The number of rotatable bonds is 4. The summed E-state index contributed by atoms with van der Waals surface area (Å²) in [7, 11) is 1.86. The quantitative estimate of drug-likeness (QED) is 0.742. The molecule has 152 valence electrons. The Morgan fingerprint density at radius 2 is 2.07 bits per heavy atom.